The van der Waals surface area contributed by atoms with Gasteiger partial charge in [-0.05, 0) is 12.1 Å². The van der Waals surface area contributed by atoms with Crippen molar-refractivity contribution in [2.24, 2.45) is 4.99 Å². The fourth-order valence-corrected chi connectivity index (χ4v) is 3.21. The number of hydrogen-bond donors (Lipinski definition) is 2. The van der Waals surface area contributed by atoms with Crippen molar-refractivity contribution in [1.29, 1.82) is 0 Å². The molecule has 2 heterocycles. The summed E-state index contributed by atoms with van der Waals surface area (Å²) in [6.45, 7) is 4.86. The van der Waals surface area contributed by atoms with Gasteiger partial charge in [-0.2, -0.15) is 0 Å². The maximum absolute atomic E-state index is 10.1. The summed E-state index contributed by atoms with van der Waals surface area (Å²) in [5.74, 6) is 1.37. The number of phenols is 1. The molecule has 2 N–H and O–H groups in total. The molecule has 0 unspecified atom stereocenters. The number of rotatable bonds is 2. The second kappa shape index (κ2) is 5.20. The van der Waals surface area contributed by atoms with E-state index in [4.69, 9.17) is 0 Å². The van der Waals surface area contributed by atoms with Gasteiger partial charge < -0.3 is 15.3 Å². The lowest BCUT2D eigenvalue weighted by Crippen LogP contribution is -2.43. The first kappa shape index (κ1) is 11.9. The summed E-state index contributed by atoms with van der Waals surface area (Å²) in [5, 5.41) is 14.4. The van der Waals surface area contributed by atoms with Crippen LogP contribution in [0.5, 0.6) is 5.75 Å². The van der Waals surface area contributed by atoms with Crippen LogP contribution in [-0.4, -0.2) is 48.6 Å². The standard InChI is InChI=1S/C13H17N3OS/c17-12-9-10(16-6-3-14-4-7-16)1-2-11(12)13-15-5-8-18-13/h1-2,9,14,17H,3-8H2. The normalized spacial score (nSPS) is 20.0. The highest BCUT2D eigenvalue weighted by Crippen LogP contribution is 2.30. The summed E-state index contributed by atoms with van der Waals surface area (Å²) in [6.07, 6.45) is 0. The van der Waals surface area contributed by atoms with Crippen LogP contribution in [0.3, 0.4) is 0 Å². The summed E-state index contributed by atoms with van der Waals surface area (Å²) in [4.78, 5) is 6.70. The number of phenolic OH excluding ortho intramolecular Hbond substituents is 1. The first-order valence-electron chi connectivity index (χ1n) is 6.31. The van der Waals surface area contributed by atoms with E-state index < -0.39 is 0 Å². The van der Waals surface area contributed by atoms with Crippen LogP contribution in [0.2, 0.25) is 0 Å². The second-order valence-corrected chi connectivity index (χ2v) is 5.56. The zero-order valence-electron chi connectivity index (χ0n) is 10.2. The molecule has 3 rings (SSSR count). The van der Waals surface area contributed by atoms with Gasteiger partial charge in [0.05, 0.1) is 0 Å². The molecule has 1 aromatic carbocycles. The first-order chi connectivity index (χ1) is 8.84. The maximum atomic E-state index is 10.1. The van der Waals surface area contributed by atoms with E-state index in [-0.39, 0.29) is 0 Å². The molecule has 2 aliphatic heterocycles. The number of thioether (sulfide) groups is 1. The summed E-state index contributed by atoms with van der Waals surface area (Å²) >= 11 is 1.72. The monoisotopic (exact) mass is 263 g/mol. The van der Waals surface area contributed by atoms with E-state index in [1.165, 1.54) is 0 Å². The maximum Gasteiger partial charge on any atom is 0.127 e. The molecule has 4 nitrogen and oxygen atoms in total. The van der Waals surface area contributed by atoms with Crippen molar-refractivity contribution in [2.45, 2.75) is 0 Å². The van der Waals surface area contributed by atoms with Crippen molar-refractivity contribution in [3.05, 3.63) is 23.8 Å². The van der Waals surface area contributed by atoms with Gasteiger partial charge in [0, 0.05) is 55.8 Å². The van der Waals surface area contributed by atoms with Crippen molar-refractivity contribution in [3.8, 4) is 5.75 Å². The van der Waals surface area contributed by atoms with Crippen molar-refractivity contribution in [1.82, 2.24) is 5.32 Å². The van der Waals surface area contributed by atoms with Crippen LogP contribution in [0, 0.1) is 0 Å². The van der Waals surface area contributed by atoms with Crippen LogP contribution < -0.4 is 10.2 Å². The molecule has 0 spiro atoms. The number of aliphatic imine (C=N–C) groups is 1. The molecule has 0 radical (unpaired) electrons. The van der Waals surface area contributed by atoms with E-state index in [1.807, 2.05) is 12.1 Å². The summed E-state index contributed by atoms with van der Waals surface area (Å²) in [7, 11) is 0. The van der Waals surface area contributed by atoms with E-state index in [9.17, 15) is 5.11 Å². The minimum atomic E-state index is 0.346. The lowest BCUT2D eigenvalue weighted by atomic mass is 10.1. The highest BCUT2D eigenvalue weighted by Gasteiger charge is 2.16. The van der Waals surface area contributed by atoms with Gasteiger partial charge in [-0.3, -0.25) is 4.99 Å². The van der Waals surface area contributed by atoms with E-state index in [1.54, 1.807) is 11.8 Å². The van der Waals surface area contributed by atoms with Gasteiger partial charge in [-0.25, -0.2) is 0 Å². The molecule has 5 heteroatoms. The molecule has 1 fully saturated rings. The van der Waals surface area contributed by atoms with Crippen LogP contribution in [0.4, 0.5) is 5.69 Å². The van der Waals surface area contributed by atoms with Gasteiger partial charge in [0.15, 0.2) is 0 Å². The average Bonchev–Trinajstić information content (AvgIpc) is 2.93. The highest BCUT2D eigenvalue weighted by atomic mass is 32.2. The molecule has 1 aromatic rings. The zero-order chi connectivity index (χ0) is 12.4. The Hall–Kier alpha value is -1.20. The van der Waals surface area contributed by atoms with Crippen molar-refractivity contribution >= 4 is 22.5 Å². The van der Waals surface area contributed by atoms with Crippen molar-refractivity contribution in [2.75, 3.05) is 43.4 Å². The third-order valence-corrected chi connectivity index (χ3v) is 4.29. The third-order valence-electron chi connectivity index (χ3n) is 3.28. The van der Waals surface area contributed by atoms with Gasteiger partial charge in [0.1, 0.15) is 10.8 Å². The van der Waals surface area contributed by atoms with Crippen LogP contribution in [-0.2, 0) is 0 Å². The number of aromatic hydroxyl groups is 1. The molecule has 18 heavy (non-hydrogen) atoms. The Balaban J connectivity index is 1.83. The van der Waals surface area contributed by atoms with E-state index in [0.717, 1.165) is 54.8 Å². The lowest BCUT2D eigenvalue weighted by Gasteiger charge is -2.29. The van der Waals surface area contributed by atoms with Crippen LogP contribution in [0.25, 0.3) is 0 Å². The Morgan fingerprint density at radius 3 is 2.78 bits per heavy atom. The molecule has 2 aliphatic rings. The Bertz CT molecular complexity index is 469. The largest absolute Gasteiger partial charge is 0.507 e. The molecule has 0 atom stereocenters. The van der Waals surface area contributed by atoms with Crippen molar-refractivity contribution in [3.63, 3.8) is 0 Å². The minimum absolute atomic E-state index is 0.346. The number of benzene rings is 1. The smallest absolute Gasteiger partial charge is 0.127 e. The topological polar surface area (TPSA) is 47.9 Å². The molecular weight excluding hydrogens is 246 g/mol. The number of hydrogen-bond acceptors (Lipinski definition) is 5. The van der Waals surface area contributed by atoms with Crippen molar-refractivity contribution < 1.29 is 5.11 Å². The first-order valence-corrected chi connectivity index (χ1v) is 7.29. The van der Waals surface area contributed by atoms with Gasteiger partial charge in [0.25, 0.3) is 0 Å². The Labute approximate surface area is 111 Å². The molecule has 96 valence electrons. The number of anilines is 1. The van der Waals surface area contributed by atoms with E-state index in [0.29, 0.717) is 5.75 Å². The minimum Gasteiger partial charge on any atom is -0.507 e. The predicted octanol–water partition coefficient (Wildman–Crippen LogP) is 1.30. The third kappa shape index (κ3) is 2.33. The molecule has 1 saturated heterocycles. The summed E-state index contributed by atoms with van der Waals surface area (Å²) in [6, 6.07) is 5.94. The number of piperazine rings is 1. The average molecular weight is 263 g/mol. The Morgan fingerprint density at radius 2 is 2.11 bits per heavy atom. The van der Waals surface area contributed by atoms with E-state index in [2.05, 4.69) is 21.3 Å². The predicted molar refractivity (Wildman–Crippen MR) is 77.1 cm³/mol. The molecular formula is C13H17N3OS. The number of nitrogens with zero attached hydrogens (tertiary/aromatic N) is 2. The Kier molecular flexibility index (Phi) is 3.43. The molecule has 0 aliphatic carbocycles. The fraction of sp³-hybridized carbons (Fsp3) is 0.462. The fourth-order valence-electron chi connectivity index (χ4n) is 2.32. The summed E-state index contributed by atoms with van der Waals surface area (Å²) < 4.78 is 0. The van der Waals surface area contributed by atoms with Gasteiger partial charge in [0.2, 0.25) is 0 Å². The molecule has 0 amide bonds. The van der Waals surface area contributed by atoms with Crippen LogP contribution in [0.1, 0.15) is 5.56 Å². The van der Waals surface area contributed by atoms with Crippen LogP contribution in [0.15, 0.2) is 23.2 Å². The lowest BCUT2D eigenvalue weighted by molar-refractivity contribution is 0.474. The molecule has 0 bridgehead atoms. The molecule has 0 saturated carbocycles. The summed E-state index contributed by atoms with van der Waals surface area (Å²) in [5.41, 5.74) is 1.97. The van der Waals surface area contributed by atoms with Gasteiger partial charge in [-0.1, -0.05) is 0 Å². The van der Waals surface area contributed by atoms with Gasteiger partial charge >= 0.3 is 0 Å². The van der Waals surface area contributed by atoms with Gasteiger partial charge in [-0.15, -0.1) is 11.8 Å². The number of nitrogens with one attached hydrogen (secondary N) is 1. The zero-order valence-corrected chi connectivity index (χ0v) is 11.0. The quantitative estimate of drug-likeness (QED) is 0.844. The van der Waals surface area contributed by atoms with Crippen LogP contribution >= 0.6 is 11.8 Å². The Morgan fingerprint density at radius 1 is 1.28 bits per heavy atom. The SMILES string of the molecule is Oc1cc(N2CCNCC2)ccc1C1=NCCS1. The second-order valence-electron chi connectivity index (χ2n) is 4.47. The molecule has 0 aromatic heterocycles. The van der Waals surface area contributed by atoms with E-state index >= 15 is 0 Å². The highest BCUT2D eigenvalue weighted by molar-refractivity contribution is 8.14.